The van der Waals surface area contributed by atoms with E-state index in [1.807, 2.05) is 36.4 Å². The van der Waals surface area contributed by atoms with Gasteiger partial charge in [0.05, 0.1) is 36.1 Å². The Morgan fingerprint density at radius 1 is 1.02 bits per heavy atom. The van der Waals surface area contributed by atoms with Crippen LogP contribution in [0.5, 0.6) is 5.75 Å². The highest BCUT2D eigenvalue weighted by Crippen LogP contribution is 2.41. The van der Waals surface area contributed by atoms with Crippen LogP contribution in [-0.2, 0) is 9.36 Å². The smallest absolute Gasteiger partial charge is 0.247 e. The van der Waals surface area contributed by atoms with Crippen LogP contribution >= 0.6 is 18.7 Å². The van der Waals surface area contributed by atoms with Crippen LogP contribution in [0.1, 0.15) is 38.5 Å². The van der Waals surface area contributed by atoms with Crippen molar-refractivity contribution >= 4 is 64.5 Å². The van der Waals surface area contributed by atoms with Gasteiger partial charge in [-0.15, -0.1) is 0 Å². The molecule has 0 aliphatic carbocycles. The quantitative estimate of drug-likeness (QED) is 0.160. The van der Waals surface area contributed by atoms with Gasteiger partial charge in [0.2, 0.25) is 11.9 Å². The topological polar surface area (TPSA) is 112 Å². The number of aromatic nitrogens is 2. The first-order chi connectivity index (χ1) is 21.7. The Balaban J connectivity index is 1.40. The number of anilines is 6. The molecule has 45 heavy (non-hydrogen) atoms. The van der Waals surface area contributed by atoms with Crippen molar-refractivity contribution in [3.05, 3.63) is 60.3 Å². The van der Waals surface area contributed by atoms with Gasteiger partial charge in [-0.2, -0.15) is 4.98 Å². The van der Waals surface area contributed by atoms with E-state index in [1.165, 1.54) is 51.0 Å². The lowest BCUT2D eigenvalue weighted by molar-refractivity contribution is -0.111. The van der Waals surface area contributed by atoms with Crippen molar-refractivity contribution in [2.45, 2.75) is 44.6 Å². The minimum atomic E-state index is -2.56. The molecule has 3 aromatic rings. The van der Waals surface area contributed by atoms with E-state index >= 15 is 0 Å². The van der Waals surface area contributed by atoms with Crippen molar-refractivity contribution < 1.29 is 14.1 Å². The first-order valence-corrected chi connectivity index (χ1v) is 18.5. The second-order valence-corrected chi connectivity index (χ2v) is 15.5. The number of piperidine rings is 1. The Hall–Kier alpha value is -3.59. The fraction of sp³-hybridized carbons (Fsp3) is 0.424. The van der Waals surface area contributed by atoms with E-state index in [-0.39, 0.29) is 11.9 Å². The molecule has 2 saturated heterocycles. The summed E-state index contributed by atoms with van der Waals surface area (Å²) >= 11 is 6.47. The third kappa shape index (κ3) is 8.17. The molecule has 0 unspecified atom stereocenters. The number of rotatable bonds is 10. The molecule has 3 heterocycles. The van der Waals surface area contributed by atoms with Gasteiger partial charge in [0, 0.05) is 30.5 Å². The fourth-order valence-corrected chi connectivity index (χ4v) is 7.42. The van der Waals surface area contributed by atoms with Crippen LogP contribution in [0.15, 0.2) is 55.3 Å². The van der Waals surface area contributed by atoms with E-state index in [2.05, 4.69) is 42.3 Å². The molecule has 2 aromatic carbocycles. The van der Waals surface area contributed by atoms with Crippen LogP contribution in [-0.4, -0.2) is 73.4 Å². The summed E-state index contributed by atoms with van der Waals surface area (Å²) in [5.41, 5.74) is 2.76. The lowest BCUT2D eigenvalue weighted by atomic mass is 10.0. The Morgan fingerprint density at radius 3 is 2.40 bits per heavy atom. The zero-order chi connectivity index (χ0) is 32.0. The van der Waals surface area contributed by atoms with Crippen molar-refractivity contribution in [1.29, 1.82) is 0 Å². The summed E-state index contributed by atoms with van der Waals surface area (Å²) in [5.74, 6) is 0.899. The van der Waals surface area contributed by atoms with Gasteiger partial charge in [-0.1, -0.05) is 43.2 Å². The van der Waals surface area contributed by atoms with Gasteiger partial charge in [0.15, 0.2) is 5.82 Å². The van der Waals surface area contributed by atoms with E-state index in [0.29, 0.717) is 45.0 Å². The zero-order valence-corrected chi connectivity index (χ0v) is 28.0. The summed E-state index contributed by atoms with van der Waals surface area (Å²) in [6, 6.07) is 11.8. The highest BCUT2D eigenvalue weighted by atomic mass is 35.5. The van der Waals surface area contributed by atoms with Crippen LogP contribution in [0.4, 0.5) is 34.5 Å². The Labute approximate surface area is 271 Å². The standard InChI is InChI=1S/C33H43ClN7O3P/c1-5-31(42)36-26-20-27(29(44-2)21-28(26)41-18-14-23(15-19-41)40-16-10-6-7-11-17-40)38-33-35-22-24(34)32(39-33)37-25-12-8-9-13-30(25)45(3,4)43/h5,8-9,12-13,20-23H,1,6-7,10-11,14-19H2,2-4H3,(H,36,42)(H2,35,37,38,39). The summed E-state index contributed by atoms with van der Waals surface area (Å²) in [7, 11) is -0.954. The number of carbonyl (C=O) groups is 1. The highest BCUT2D eigenvalue weighted by molar-refractivity contribution is 7.70. The molecule has 1 aromatic heterocycles. The number of hydrogen-bond donors (Lipinski definition) is 3. The number of para-hydroxylation sites is 1. The largest absolute Gasteiger partial charge is 0.494 e. The number of methoxy groups -OCH3 is 1. The number of nitrogens with one attached hydrogen (secondary N) is 3. The van der Waals surface area contributed by atoms with Gasteiger partial charge in [0.1, 0.15) is 17.9 Å². The van der Waals surface area contributed by atoms with Crippen LogP contribution < -0.4 is 30.9 Å². The molecule has 3 N–H and O–H groups in total. The first-order valence-electron chi connectivity index (χ1n) is 15.5. The predicted molar refractivity (Wildman–Crippen MR) is 186 cm³/mol. The van der Waals surface area contributed by atoms with Gasteiger partial charge in [0.25, 0.3) is 0 Å². The van der Waals surface area contributed by atoms with E-state index in [0.717, 1.165) is 31.6 Å². The third-order valence-electron chi connectivity index (χ3n) is 8.45. The monoisotopic (exact) mass is 651 g/mol. The molecule has 240 valence electrons. The molecule has 0 atom stereocenters. The highest BCUT2D eigenvalue weighted by Gasteiger charge is 2.27. The summed E-state index contributed by atoms with van der Waals surface area (Å²) in [6.45, 7) is 11.2. The number of amides is 1. The van der Waals surface area contributed by atoms with E-state index in [1.54, 1.807) is 20.4 Å². The predicted octanol–water partition coefficient (Wildman–Crippen LogP) is 6.84. The van der Waals surface area contributed by atoms with Gasteiger partial charge in [-0.3, -0.25) is 4.79 Å². The lowest BCUT2D eigenvalue weighted by Gasteiger charge is -2.39. The fourth-order valence-electron chi connectivity index (χ4n) is 6.13. The summed E-state index contributed by atoms with van der Waals surface area (Å²) in [5, 5.41) is 10.5. The van der Waals surface area contributed by atoms with Gasteiger partial charge < -0.3 is 35.1 Å². The third-order valence-corrected chi connectivity index (χ3v) is 10.3. The first kappa shape index (κ1) is 32.8. The molecule has 12 heteroatoms. The molecule has 2 aliphatic rings. The van der Waals surface area contributed by atoms with Crippen LogP contribution in [0.3, 0.4) is 0 Å². The van der Waals surface area contributed by atoms with Gasteiger partial charge >= 0.3 is 0 Å². The van der Waals surface area contributed by atoms with Crippen molar-refractivity contribution in [3.8, 4) is 5.75 Å². The number of carbonyl (C=O) groups excluding carboxylic acids is 1. The summed E-state index contributed by atoms with van der Waals surface area (Å²) in [6.07, 6.45) is 10.1. The molecule has 2 fully saturated rings. The molecule has 1 amide bonds. The average Bonchev–Trinajstić information content (AvgIpc) is 3.32. The number of benzene rings is 2. The van der Waals surface area contributed by atoms with E-state index in [4.69, 9.17) is 16.3 Å². The molecule has 0 spiro atoms. The molecular weight excluding hydrogens is 609 g/mol. The SMILES string of the molecule is C=CC(=O)Nc1cc(Nc2ncc(Cl)c(Nc3ccccc3P(C)(C)=O)n2)c(OC)cc1N1CCC(N2CCCCCC2)CC1. The number of likely N-dealkylation sites (tertiary alicyclic amines) is 1. The maximum atomic E-state index is 12.9. The minimum absolute atomic E-state index is 0.265. The normalized spacial score (nSPS) is 16.5. The van der Waals surface area contributed by atoms with Crippen molar-refractivity contribution in [1.82, 2.24) is 14.9 Å². The van der Waals surface area contributed by atoms with Crippen LogP contribution in [0, 0.1) is 0 Å². The number of nitrogens with zero attached hydrogens (tertiary/aromatic N) is 4. The van der Waals surface area contributed by atoms with E-state index in [9.17, 15) is 9.36 Å². The molecule has 2 aliphatic heterocycles. The molecule has 0 radical (unpaired) electrons. The van der Waals surface area contributed by atoms with E-state index < -0.39 is 7.14 Å². The zero-order valence-electron chi connectivity index (χ0n) is 26.3. The van der Waals surface area contributed by atoms with Crippen LogP contribution in [0.2, 0.25) is 5.02 Å². The second-order valence-electron chi connectivity index (χ2n) is 11.9. The maximum absolute atomic E-state index is 12.9. The maximum Gasteiger partial charge on any atom is 0.247 e. The molecular formula is C33H43ClN7O3P. The molecule has 0 bridgehead atoms. The minimum Gasteiger partial charge on any atom is -0.494 e. The van der Waals surface area contributed by atoms with Crippen molar-refractivity contribution in [2.24, 2.45) is 0 Å². The Bertz CT molecular complexity index is 1560. The molecule has 0 saturated carbocycles. The van der Waals surface area contributed by atoms with Crippen molar-refractivity contribution in [3.63, 3.8) is 0 Å². The number of ether oxygens (including phenoxy) is 1. The lowest BCUT2D eigenvalue weighted by Crippen LogP contribution is -2.45. The number of halogens is 1. The Kier molecular flexibility index (Phi) is 10.7. The summed E-state index contributed by atoms with van der Waals surface area (Å²) < 4.78 is 18.7. The number of hydrogen-bond acceptors (Lipinski definition) is 9. The van der Waals surface area contributed by atoms with Gasteiger partial charge in [-0.05, 0) is 76.4 Å². The van der Waals surface area contributed by atoms with Crippen molar-refractivity contribution in [2.75, 3.05) is 67.5 Å². The average molecular weight is 652 g/mol. The van der Waals surface area contributed by atoms with Crippen LogP contribution in [0.25, 0.3) is 0 Å². The Morgan fingerprint density at radius 2 is 1.73 bits per heavy atom. The molecule has 5 rings (SSSR count). The second kappa shape index (κ2) is 14.7. The van der Waals surface area contributed by atoms with Gasteiger partial charge in [-0.25, -0.2) is 4.98 Å². The molecule has 10 nitrogen and oxygen atoms in total. The summed E-state index contributed by atoms with van der Waals surface area (Å²) in [4.78, 5) is 26.5.